The number of hydrogen-bond acceptors (Lipinski definition) is 4. The Morgan fingerprint density at radius 2 is 1.85 bits per heavy atom. The topological polar surface area (TPSA) is 46.9 Å². The molecule has 1 fully saturated rings. The molecule has 0 unspecified atom stereocenters. The summed E-state index contributed by atoms with van der Waals surface area (Å²) in [5, 5.41) is 7.24. The van der Waals surface area contributed by atoms with E-state index in [0.717, 1.165) is 16.8 Å². The van der Waals surface area contributed by atoms with E-state index in [2.05, 4.69) is 10.4 Å². The zero-order valence-corrected chi connectivity index (χ0v) is 15.0. The minimum absolute atomic E-state index is 0.225. The van der Waals surface area contributed by atoms with Crippen molar-refractivity contribution in [3.8, 4) is 16.9 Å². The van der Waals surface area contributed by atoms with Gasteiger partial charge in [0.2, 0.25) is 0 Å². The molecule has 0 saturated carbocycles. The lowest BCUT2D eigenvalue weighted by molar-refractivity contribution is -0.115. The lowest BCUT2D eigenvalue weighted by Crippen LogP contribution is -2.17. The summed E-state index contributed by atoms with van der Waals surface area (Å²) in [7, 11) is 0. The Bertz CT molecular complexity index is 1030. The Hall–Kier alpha value is -2.77. The van der Waals surface area contributed by atoms with Crippen molar-refractivity contribution < 1.29 is 9.18 Å². The van der Waals surface area contributed by atoms with Crippen molar-refractivity contribution in [2.45, 2.75) is 0 Å². The molecule has 0 radical (unpaired) electrons. The van der Waals surface area contributed by atoms with Crippen molar-refractivity contribution in [3.05, 3.63) is 77.1 Å². The Morgan fingerprint density at radius 3 is 2.50 bits per heavy atom. The number of halogens is 1. The highest BCUT2D eigenvalue weighted by Crippen LogP contribution is 2.30. The van der Waals surface area contributed by atoms with Crippen LogP contribution in [0.25, 0.3) is 23.0 Å². The molecule has 0 bridgehead atoms. The molecular formula is C19H12FN3OS2. The summed E-state index contributed by atoms with van der Waals surface area (Å²) in [6.07, 6.45) is 3.60. The molecule has 2 aromatic carbocycles. The Labute approximate surface area is 158 Å². The fraction of sp³-hybridized carbons (Fsp3) is 0. The van der Waals surface area contributed by atoms with Gasteiger partial charge in [0.25, 0.3) is 5.91 Å². The van der Waals surface area contributed by atoms with Crippen LogP contribution in [-0.4, -0.2) is 20.0 Å². The Balaban J connectivity index is 1.84. The molecule has 128 valence electrons. The smallest absolute Gasteiger partial charge is 0.263 e. The number of thioether (sulfide) groups is 1. The minimum atomic E-state index is -0.313. The molecule has 7 heteroatoms. The highest BCUT2D eigenvalue weighted by molar-refractivity contribution is 8.26. The van der Waals surface area contributed by atoms with Gasteiger partial charge < -0.3 is 5.32 Å². The lowest BCUT2D eigenvalue weighted by Gasteiger charge is -2.00. The van der Waals surface area contributed by atoms with Crippen LogP contribution >= 0.6 is 24.0 Å². The highest BCUT2D eigenvalue weighted by atomic mass is 32.2. The van der Waals surface area contributed by atoms with E-state index >= 15 is 0 Å². The molecule has 4 nitrogen and oxygen atoms in total. The normalized spacial score (nSPS) is 15.5. The predicted octanol–water partition coefficient (Wildman–Crippen LogP) is 4.17. The Kier molecular flexibility index (Phi) is 4.40. The molecule has 4 rings (SSSR count). The Morgan fingerprint density at radius 1 is 1.12 bits per heavy atom. The lowest BCUT2D eigenvalue weighted by atomic mass is 10.1. The molecular weight excluding hydrogens is 369 g/mol. The molecule has 1 amide bonds. The van der Waals surface area contributed by atoms with Gasteiger partial charge >= 0.3 is 0 Å². The summed E-state index contributed by atoms with van der Waals surface area (Å²) in [5.74, 6) is -0.537. The minimum Gasteiger partial charge on any atom is -0.307 e. The van der Waals surface area contributed by atoms with Crippen LogP contribution < -0.4 is 5.32 Å². The van der Waals surface area contributed by atoms with E-state index in [1.54, 1.807) is 22.9 Å². The van der Waals surface area contributed by atoms with Gasteiger partial charge in [0, 0.05) is 17.3 Å². The molecule has 2 heterocycles. The van der Waals surface area contributed by atoms with E-state index in [0.29, 0.717) is 14.9 Å². The van der Waals surface area contributed by atoms with Gasteiger partial charge in [0.05, 0.1) is 16.3 Å². The summed E-state index contributed by atoms with van der Waals surface area (Å²) in [6, 6.07) is 15.8. The molecule has 1 aromatic heterocycles. The third-order valence-electron chi connectivity index (χ3n) is 3.81. The number of aromatic nitrogens is 2. The number of amides is 1. The summed E-state index contributed by atoms with van der Waals surface area (Å²) in [4.78, 5) is 12.5. The van der Waals surface area contributed by atoms with Crippen LogP contribution in [0.2, 0.25) is 0 Å². The third kappa shape index (κ3) is 3.31. The van der Waals surface area contributed by atoms with Gasteiger partial charge in [-0.3, -0.25) is 4.79 Å². The zero-order chi connectivity index (χ0) is 18.1. The first-order chi connectivity index (χ1) is 12.6. The second-order valence-corrected chi connectivity index (χ2v) is 7.29. The van der Waals surface area contributed by atoms with Crippen LogP contribution in [0.15, 0.2) is 65.7 Å². The quantitative estimate of drug-likeness (QED) is 0.546. The second-order valence-electron chi connectivity index (χ2n) is 5.57. The molecule has 1 saturated heterocycles. The van der Waals surface area contributed by atoms with Crippen LogP contribution in [0.4, 0.5) is 4.39 Å². The number of carbonyl (C=O) groups is 1. The fourth-order valence-corrected chi connectivity index (χ4v) is 3.64. The number of carbonyl (C=O) groups excluding carboxylic acids is 1. The molecule has 3 aromatic rings. The van der Waals surface area contributed by atoms with E-state index in [4.69, 9.17) is 12.2 Å². The number of nitrogens with zero attached hydrogens (tertiary/aromatic N) is 2. The maximum Gasteiger partial charge on any atom is 0.263 e. The largest absolute Gasteiger partial charge is 0.307 e. The monoisotopic (exact) mass is 381 g/mol. The van der Waals surface area contributed by atoms with Gasteiger partial charge in [-0.2, -0.15) is 5.10 Å². The second kappa shape index (κ2) is 6.86. The number of nitrogens with one attached hydrogen (secondary N) is 1. The van der Waals surface area contributed by atoms with Crippen LogP contribution in [0.1, 0.15) is 5.56 Å². The third-order valence-corrected chi connectivity index (χ3v) is 4.97. The summed E-state index contributed by atoms with van der Waals surface area (Å²) in [6.45, 7) is 0. The average molecular weight is 381 g/mol. The van der Waals surface area contributed by atoms with E-state index in [9.17, 15) is 9.18 Å². The van der Waals surface area contributed by atoms with Crippen molar-refractivity contribution >= 4 is 40.3 Å². The van der Waals surface area contributed by atoms with Gasteiger partial charge in [-0.05, 0) is 42.5 Å². The van der Waals surface area contributed by atoms with E-state index < -0.39 is 0 Å². The molecule has 1 N–H and O–H groups in total. The maximum atomic E-state index is 13.3. The van der Waals surface area contributed by atoms with E-state index in [-0.39, 0.29) is 11.7 Å². The number of para-hydroxylation sites is 1. The van der Waals surface area contributed by atoms with Crippen molar-refractivity contribution in [3.63, 3.8) is 0 Å². The number of rotatable bonds is 3. The SMILES string of the molecule is O=C1NC(=S)S/C1=C/c1cn(-c2ccccc2)nc1-c1ccc(F)cc1. The molecule has 26 heavy (non-hydrogen) atoms. The number of hydrogen-bond donors (Lipinski definition) is 1. The average Bonchev–Trinajstić information content (AvgIpc) is 3.20. The summed E-state index contributed by atoms with van der Waals surface area (Å²) >= 11 is 6.25. The van der Waals surface area contributed by atoms with Gasteiger partial charge in [-0.1, -0.05) is 42.2 Å². The first kappa shape index (κ1) is 16.7. The van der Waals surface area contributed by atoms with Crippen molar-refractivity contribution in [1.29, 1.82) is 0 Å². The number of benzene rings is 2. The highest BCUT2D eigenvalue weighted by Gasteiger charge is 2.23. The van der Waals surface area contributed by atoms with Gasteiger partial charge in [0.1, 0.15) is 10.1 Å². The van der Waals surface area contributed by atoms with Gasteiger partial charge in [-0.15, -0.1) is 0 Å². The van der Waals surface area contributed by atoms with Crippen LogP contribution in [0.3, 0.4) is 0 Å². The molecule has 0 aliphatic carbocycles. The first-order valence-corrected chi connectivity index (χ1v) is 8.98. The molecule has 0 spiro atoms. The summed E-state index contributed by atoms with van der Waals surface area (Å²) < 4.78 is 15.5. The van der Waals surface area contributed by atoms with Crippen molar-refractivity contribution in [1.82, 2.24) is 15.1 Å². The fourth-order valence-electron chi connectivity index (χ4n) is 2.60. The van der Waals surface area contributed by atoms with Gasteiger partial charge in [-0.25, -0.2) is 9.07 Å². The summed E-state index contributed by atoms with van der Waals surface area (Å²) in [5.41, 5.74) is 3.06. The number of thiocarbonyl (C=S) groups is 1. The van der Waals surface area contributed by atoms with Crippen LogP contribution in [0, 0.1) is 5.82 Å². The molecule has 0 atom stereocenters. The van der Waals surface area contributed by atoms with E-state index in [1.165, 1.54) is 23.9 Å². The first-order valence-electron chi connectivity index (χ1n) is 7.76. The maximum absolute atomic E-state index is 13.3. The molecule has 1 aliphatic rings. The van der Waals surface area contributed by atoms with Crippen LogP contribution in [0.5, 0.6) is 0 Å². The van der Waals surface area contributed by atoms with E-state index in [1.807, 2.05) is 36.5 Å². The standard InChI is InChI=1S/C19H12FN3OS2/c20-14-8-6-12(7-9-14)17-13(10-16-18(24)21-19(25)26-16)11-23(22-17)15-4-2-1-3-5-15/h1-11H,(H,21,24,25)/b16-10+. The predicted molar refractivity (Wildman–Crippen MR) is 105 cm³/mol. The zero-order valence-electron chi connectivity index (χ0n) is 13.3. The molecule has 1 aliphatic heterocycles. The van der Waals surface area contributed by atoms with Crippen LogP contribution in [-0.2, 0) is 4.79 Å². The van der Waals surface area contributed by atoms with Crippen molar-refractivity contribution in [2.24, 2.45) is 0 Å². The van der Waals surface area contributed by atoms with Gasteiger partial charge in [0.15, 0.2) is 0 Å². The van der Waals surface area contributed by atoms with Crippen molar-refractivity contribution in [2.75, 3.05) is 0 Å².